The van der Waals surface area contributed by atoms with Crippen LogP contribution in [0.3, 0.4) is 0 Å². The first-order valence-electron chi connectivity index (χ1n) is 7.84. The van der Waals surface area contributed by atoms with Gasteiger partial charge in [0.05, 0.1) is 12.8 Å². The van der Waals surface area contributed by atoms with Crippen LogP contribution in [-0.2, 0) is 22.1 Å². The molecule has 0 unspecified atom stereocenters. The monoisotopic (exact) mass is 367 g/mol. The summed E-state index contributed by atoms with van der Waals surface area (Å²) in [6.07, 6.45) is 6.49. The van der Waals surface area contributed by atoms with Crippen LogP contribution in [0.15, 0.2) is 30.7 Å². The van der Waals surface area contributed by atoms with E-state index in [9.17, 15) is 9.59 Å². The molecule has 136 valence electrons. The van der Waals surface area contributed by atoms with Crippen molar-refractivity contribution in [2.24, 2.45) is 7.05 Å². The molecule has 2 aromatic heterocycles. The highest BCUT2D eigenvalue weighted by molar-refractivity contribution is 5.98. The summed E-state index contributed by atoms with van der Waals surface area (Å²) in [5, 5.41) is 10.5. The number of methoxy groups -OCH3 is 1. The van der Waals surface area contributed by atoms with E-state index in [1.165, 1.54) is 7.11 Å². The van der Waals surface area contributed by atoms with E-state index in [0.717, 1.165) is 13.1 Å². The fourth-order valence-corrected chi connectivity index (χ4v) is 3.11. The zero-order chi connectivity index (χ0) is 17.2. The van der Waals surface area contributed by atoms with Gasteiger partial charge in [0.25, 0.3) is 5.91 Å². The highest BCUT2D eigenvalue weighted by Gasteiger charge is 2.42. The minimum absolute atomic E-state index is 0. The second-order valence-corrected chi connectivity index (χ2v) is 5.90. The minimum atomic E-state index is -0.726. The lowest BCUT2D eigenvalue weighted by molar-refractivity contribution is -0.126. The van der Waals surface area contributed by atoms with E-state index >= 15 is 0 Å². The fourth-order valence-electron chi connectivity index (χ4n) is 3.11. The maximum atomic E-state index is 13.0. The molecule has 0 radical (unpaired) electrons. The third-order valence-corrected chi connectivity index (χ3v) is 4.45. The number of halogens is 1. The summed E-state index contributed by atoms with van der Waals surface area (Å²) in [6.45, 7) is 1.49. The number of nitrogens with one attached hydrogen (secondary N) is 2. The molecule has 1 aliphatic heterocycles. The Hall–Kier alpha value is -2.32. The molecule has 9 heteroatoms. The van der Waals surface area contributed by atoms with E-state index < -0.39 is 11.5 Å². The highest BCUT2D eigenvalue weighted by Crippen LogP contribution is 2.29. The molecular weight excluding hydrogens is 346 g/mol. The number of piperidine rings is 1. The number of hydrogen-bond acceptors (Lipinski definition) is 5. The van der Waals surface area contributed by atoms with Crippen LogP contribution < -0.4 is 10.6 Å². The van der Waals surface area contributed by atoms with Gasteiger partial charge >= 0.3 is 5.97 Å². The number of anilines is 1. The van der Waals surface area contributed by atoms with Gasteiger partial charge in [-0.15, -0.1) is 12.4 Å². The van der Waals surface area contributed by atoms with Gasteiger partial charge in [-0.3, -0.25) is 9.48 Å². The number of hydrogen-bond donors (Lipinski definition) is 2. The number of rotatable bonds is 4. The SMILES string of the molecule is COC(=O)c1cc(NC(=O)C2(n3cccn3)CCNCC2)cn1C.Cl. The predicted octanol–water partition coefficient (Wildman–Crippen LogP) is 1.15. The topological polar surface area (TPSA) is 90.2 Å². The highest BCUT2D eigenvalue weighted by atomic mass is 35.5. The summed E-state index contributed by atoms with van der Waals surface area (Å²) in [7, 11) is 3.06. The summed E-state index contributed by atoms with van der Waals surface area (Å²) in [5.74, 6) is -0.573. The van der Waals surface area contributed by atoms with Crippen molar-refractivity contribution in [2.75, 3.05) is 25.5 Å². The molecule has 0 bridgehead atoms. The van der Waals surface area contributed by atoms with E-state index in [1.807, 2.05) is 12.3 Å². The molecule has 1 fully saturated rings. The normalized spacial score (nSPS) is 15.9. The maximum absolute atomic E-state index is 13.0. The Labute approximate surface area is 151 Å². The molecule has 3 heterocycles. The lowest BCUT2D eigenvalue weighted by atomic mass is 9.87. The minimum Gasteiger partial charge on any atom is -0.464 e. The largest absolute Gasteiger partial charge is 0.464 e. The molecule has 0 spiro atoms. The van der Waals surface area contributed by atoms with Gasteiger partial charge < -0.3 is 19.9 Å². The third kappa shape index (κ3) is 3.54. The average molecular weight is 368 g/mol. The number of carbonyl (C=O) groups excluding carboxylic acids is 2. The number of esters is 1. The molecular formula is C16H22ClN5O3. The summed E-state index contributed by atoms with van der Waals surface area (Å²) in [5.41, 5.74) is 0.218. The van der Waals surface area contributed by atoms with Crippen LogP contribution in [0.4, 0.5) is 5.69 Å². The van der Waals surface area contributed by atoms with Gasteiger partial charge in [0.1, 0.15) is 11.2 Å². The Morgan fingerprint density at radius 2 is 2.08 bits per heavy atom. The van der Waals surface area contributed by atoms with Gasteiger partial charge in [-0.1, -0.05) is 0 Å². The lowest BCUT2D eigenvalue weighted by Crippen LogP contribution is -2.52. The molecule has 1 saturated heterocycles. The molecule has 0 saturated carbocycles. The standard InChI is InChI=1S/C16H21N5O3.ClH/c1-20-11-12(10-13(20)14(22)24-2)19-15(23)16(4-7-17-8-5-16)21-9-3-6-18-21;/h3,6,9-11,17H,4-5,7-8H2,1-2H3,(H,19,23);1H. The van der Waals surface area contributed by atoms with E-state index in [1.54, 1.807) is 34.8 Å². The van der Waals surface area contributed by atoms with Gasteiger partial charge in [-0.25, -0.2) is 4.79 Å². The molecule has 0 atom stereocenters. The zero-order valence-corrected chi connectivity index (χ0v) is 15.0. The lowest BCUT2D eigenvalue weighted by Gasteiger charge is -2.36. The Kier molecular flexibility index (Phi) is 5.86. The number of nitrogens with zero attached hydrogens (tertiary/aromatic N) is 3. The van der Waals surface area contributed by atoms with E-state index in [4.69, 9.17) is 4.74 Å². The van der Waals surface area contributed by atoms with Crippen molar-refractivity contribution in [2.45, 2.75) is 18.4 Å². The number of ether oxygens (including phenoxy) is 1. The first-order valence-corrected chi connectivity index (χ1v) is 7.84. The molecule has 8 nitrogen and oxygen atoms in total. The maximum Gasteiger partial charge on any atom is 0.354 e. The van der Waals surface area contributed by atoms with Crippen LogP contribution in [-0.4, -0.2) is 46.4 Å². The van der Waals surface area contributed by atoms with Gasteiger partial charge in [-0.2, -0.15) is 5.10 Å². The number of amides is 1. The molecule has 2 N–H and O–H groups in total. The molecule has 1 amide bonds. The van der Waals surface area contributed by atoms with Crippen molar-refractivity contribution in [3.63, 3.8) is 0 Å². The van der Waals surface area contributed by atoms with Gasteiger partial charge in [-0.05, 0) is 38.1 Å². The molecule has 0 aliphatic carbocycles. The average Bonchev–Trinajstić information content (AvgIpc) is 3.25. The van der Waals surface area contributed by atoms with Crippen molar-refractivity contribution in [1.29, 1.82) is 0 Å². The van der Waals surface area contributed by atoms with Crippen LogP contribution >= 0.6 is 12.4 Å². The van der Waals surface area contributed by atoms with Crippen LogP contribution in [0, 0.1) is 0 Å². The Bertz CT molecular complexity index is 735. The van der Waals surface area contributed by atoms with Crippen molar-refractivity contribution in [3.05, 3.63) is 36.4 Å². The third-order valence-electron chi connectivity index (χ3n) is 4.45. The van der Waals surface area contributed by atoms with Crippen LogP contribution in [0.5, 0.6) is 0 Å². The molecule has 25 heavy (non-hydrogen) atoms. The number of aromatic nitrogens is 3. The summed E-state index contributed by atoms with van der Waals surface area (Å²) in [4.78, 5) is 24.7. The molecule has 0 aromatic carbocycles. The van der Waals surface area contributed by atoms with E-state index in [-0.39, 0.29) is 18.3 Å². The van der Waals surface area contributed by atoms with E-state index in [2.05, 4.69) is 15.7 Å². The van der Waals surface area contributed by atoms with E-state index in [0.29, 0.717) is 24.2 Å². The summed E-state index contributed by atoms with van der Waals surface area (Å²) >= 11 is 0. The van der Waals surface area contributed by atoms with Crippen LogP contribution in [0.25, 0.3) is 0 Å². The Balaban J connectivity index is 0.00000225. The van der Waals surface area contributed by atoms with Crippen molar-refractivity contribution in [1.82, 2.24) is 19.7 Å². The second-order valence-electron chi connectivity index (χ2n) is 5.90. The first kappa shape index (κ1) is 19.0. The molecule has 3 rings (SSSR count). The Morgan fingerprint density at radius 3 is 2.68 bits per heavy atom. The predicted molar refractivity (Wildman–Crippen MR) is 94.9 cm³/mol. The van der Waals surface area contributed by atoms with Gasteiger partial charge in [0.2, 0.25) is 0 Å². The van der Waals surface area contributed by atoms with Crippen molar-refractivity contribution in [3.8, 4) is 0 Å². The van der Waals surface area contributed by atoms with Crippen molar-refractivity contribution >= 4 is 30.0 Å². The quantitative estimate of drug-likeness (QED) is 0.791. The summed E-state index contributed by atoms with van der Waals surface area (Å²) in [6, 6.07) is 3.43. The van der Waals surface area contributed by atoms with Gasteiger partial charge in [0, 0.05) is 25.6 Å². The molecule has 1 aliphatic rings. The van der Waals surface area contributed by atoms with Crippen LogP contribution in [0.1, 0.15) is 23.3 Å². The van der Waals surface area contributed by atoms with Crippen molar-refractivity contribution < 1.29 is 14.3 Å². The van der Waals surface area contributed by atoms with Crippen LogP contribution in [0.2, 0.25) is 0 Å². The second kappa shape index (κ2) is 7.71. The first-order chi connectivity index (χ1) is 11.6. The summed E-state index contributed by atoms with van der Waals surface area (Å²) < 4.78 is 8.09. The smallest absolute Gasteiger partial charge is 0.354 e. The molecule has 2 aromatic rings. The van der Waals surface area contributed by atoms with Gasteiger partial charge in [0.15, 0.2) is 0 Å². The fraction of sp³-hybridized carbons (Fsp3) is 0.438. The number of carbonyl (C=O) groups is 2. The zero-order valence-electron chi connectivity index (χ0n) is 14.2. The number of aryl methyl sites for hydroxylation is 1. The Morgan fingerprint density at radius 1 is 1.36 bits per heavy atom.